The minimum Gasteiger partial charge on any atom is -0.550 e. The number of rotatable bonds is 20. The molecular formula is C24H20O28Tc3. The predicted octanol–water partition coefficient (Wildman–Crippen LogP) is -21.6. The molecule has 0 saturated carbocycles. The Labute approximate surface area is 343 Å². The van der Waals surface area contributed by atoms with Crippen LogP contribution in [0.5, 0.6) is 0 Å². The number of carbonyl (C=O) groups excluding carboxylic acids is 12. The van der Waals surface area contributed by atoms with Crippen LogP contribution in [-0.4, -0.2) is 116 Å². The summed E-state index contributed by atoms with van der Waals surface area (Å²) < 4.78 is 0. The molecule has 0 heterocycles. The molecule has 55 heavy (non-hydrogen) atoms. The molecule has 28 nitrogen and oxygen atoms in total. The van der Waals surface area contributed by atoms with Gasteiger partial charge in [0.1, 0.15) is 24.4 Å². The Morgan fingerprint density at radius 1 is 0.273 bits per heavy atom. The zero-order valence-corrected chi connectivity index (χ0v) is 31.7. The minimum absolute atomic E-state index is 0. The van der Waals surface area contributed by atoms with Crippen molar-refractivity contribution in [2.24, 2.45) is 23.7 Å². The molecule has 0 spiro atoms. The summed E-state index contributed by atoms with van der Waals surface area (Å²) in [7, 11) is 0. The second kappa shape index (κ2) is 32.8. The van der Waals surface area contributed by atoms with E-state index in [1.54, 1.807) is 0 Å². The molecule has 0 aliphatic rings. The quantitative estimate of drug-likeness (QED) is 0.0879. The van der Waals surface area contributed by atoms with Crippen LogP contribution in [0.2, 0.25) is 0 Å². The number of carboxylic acids is 12. The second-order valence-corrected chi connectivity index (χ2v) is 9.06. The number of hydrogen-bond donors (Lipinski definition) is 4. The SMILES string of the molecule is O=C([O-])CC(C(=O)[O-])C(O)C(=O)[O-].O=C([O-])CC(C(=O)[O-])C(O)C(=O)[O-].O=C([O-])CC(C(=O)[O-])C(O)C(=O)[O-].O=C([O-])CC(C(=O)[O-])C(O)C(=O)[O-].[Tc+4].[Tc+4].[Tc+4]. The zero-order valence-electron chi connectivity index (χ0n) is 26.2. The van der Waals surface area contributed by atoms with Gasteiger partial charge in [-0.25, -0.2) is 0 Å². The Morgan fingerprint density at radius 2 is 0.382 bits per heavy atom. The average molecular weight is 1050 g/mol. The predicted molar refractivity (Wildman–Crippen MR) is 117 cm³/mol. The van der Waals surface area contributed by atoms with Gasteiger partial charge in [0.05, 0.1) is 23.9 Å². The summed E-state index contributed by atoms with van der Waals surface area (Å²) in [5.41, 5.74) is 0. The van der Waals surface area contributed by atoms with Crippen molar-refractivity contribution in [1.82, 2.24) is 0 Å². The molecule has 31 heteroatoms. The fourth-order valence-corrected chi connectivity index (χ4v) is 2.67. The normalized spacial score (nSPS) is 13.7. The van der Waals surface area contributed by atoms with Crippen molar-refractivity contribution in [3.8, 4) is 0 Å². The molecule has 0 aromatic heterocycles. The first-order chi connectivity index (χ1) is 23.4. The molecule has 0 rings (SSSR count). The Balaban J connectivity index is -0.000000110. The van der Waals surface area contributed by atoms with Crippen molar-refractivity contribution in [2.45, 2.75) is 50.1 Å². The van der Waals surface area contributed by atoms with E-state index in [1.165, 1.54) is 0 Å². The number of aliphatic hydroxyl groups is 4. The molecule has 0 amide bonds. The summed E-state index contributed by atoms with van der Waals surface area (Å²) in [5, 5.41) is 155. The first-order valence-corrected chi connectivity index (χ1v) is 12.6. The third-order valence-corrected chi connectivity index (χ3v) is 5.25. The fourth-order valence-electron chi connectivity index (χ4n) is 2.67. The van der Waals surface area contributed by atoms with Crippen LogP contribution in [0.25, 0.3) is 0 Å². The van der Waals surface area contributed by atoms with Gasteiger partial charge < -0.3 is 139 Å². The Kier molecular flexibility index (Phi) is 39.0. The Hall–Kier alpha value is -4.57. The van der Waals surface area contributed by atoms with E-state index in [9.17, 15) is 119 Å². The van der Waals surface area contributed by atoms with Crippen LogP contribution in [0.15, 0.2) is 0 Å². The molecule has 0 bridgehead atoms. The summed E-state index contributed by atoms with van der Waals surface area (Å²) in [4.78, 5) is 120. The van der Waals surface area contributed by atoms with Crippen LogP contribution in [0.4, 0.5) is 0 Å². The number of aliphatic hydroxyl groups excluding tert-OH is 4. The summed E-state index contributed by atoms with van der Waals surface area (Å²) >= 11 is 0. The van der Waals surface area contributed by atoms with E-state index in [1.807, 2.05) is 0 Å². The zero-order chi connectivity index (χ0) is 42.4. The third-order valence-electron chi connectivity index (χ3n) is 5.25. The molecular weight excluding hydrogens is 1030 g/mol. The Bertz CT molecular complexity index is 1150. The van der Waals surface area contributed by atoms with Gasteiger partial charge in [-0.1, -0.05) is 0 Å². The van der Waals surface area contributed by atoms with Crippen molar-refractivity contribution >= 4 is 71.6 Å². The topological polar surface area (TPSA) is 562 Å². The first kappa shape index (κ1) is 65.3. The summed E-state index contributed by atoms with van der Waals surface area (Å²) in [5.74, 6) is -31.7. The fraction of sp³-hybridized carbons (Fsp3) is 0.500. The van der Waals surface area contributed by atoms with Crippen LogP contribution in [0.3, 0.4) is 0 Å². The Morgan fingerprint density at radius 3 is 0.436 bits per heavy atom. The second-order valence-electron chi connectivity index (χ2n) is 9.06. The van der Waals surface area contributed by atoms with E-state index in [-0.39, 0.29) is 60.3 Å². The third kappa shape index (κ3) is 31.5. The van der Waals surface area contributed by atoms with Gasteiger partial charge in [-0.2, -0.15) is 0 Å². The van der Waals surface area contributed by atoms with Gasteiger partial charge in [-0.15, -0.1) is 0 Å². The molecule has 305 valence electrons. The number of carboxylic acid groups (broad SMARTS) is 12. The maximum atomic E-state index is 10.1. The molecule has 3 radical (unpaired) electrons. The van der Waals surface area contributed by atoms with Gasteiger partial charge in [0, 0.05) is 71.4 Å². The molecule has 8 unspecified atom stereocenters. The minimum atomic E-state index is -2.41. The van der Waals surface area contributed by atoms with E-state index < -0.39 is 145 Å². The molecule has 0 saturated heterocycles. The average Bonchev–Trinajstić information content (AvgIpc) is 2.98. The van der Waals surface area contributed by atoms with E-state index in [4.69, 9.17) is 20.4 Å². The van der Waals surface area contributed by atoms with E-state index >= 15 is 0 Å². The van der Waals surface area contributed by atoms with Gasteiger partial charge in [-0.3, -0.25) is 0 Å². The standard InChI is InChI=1S/4C6H8O7.3Tc/c4*7-3(8)1-2(5(10)11)4(9)6(12)13;;;/h4*2,4,9H,1H2,(H,7,8)(H,10,11)(H,12,13);;;/q;;;;3*+4/p-12. The van der Waals surface area contributed by atoms with Gasteiger partial charge in [0.25, 0.3) is 0 Å². The van der Waals surface area contributed by atoms with Crippen LogP contribution in [0, 0.1) is 23.7 Å². The van der Waals surface area contributed by atoms with Crippen molar-refractivity contribution < 1.29 is 200 Å². The molecule has 8 atom stereocenters. The van der Waals surface area contributed by atoms with Gasteiger partial charge in [-0.05, 0) is 25.7 Å². The number of hydrogen-bond acceptors (Lipinski definition) is 28. The van der Waals surface area contributed by atoms with Crippen molar-refractivity contribution in [1.29, 1.82) is 0 Å². The maximum Gasteiger partial charge on any atom is 4.00 e. The van der Waals surface area contributed by atoms with Gasteiger partial charge >= 0.3 is 60.3 Å². The summed E-state index contributed by atoms with van der Waals surface area (Å²) in [6, 6.07) is 0. The smallest absolute Gasteiger partial charge is 0.550 e. The van der Waals surface area contributed by atoms with E-state index in [0.717, 1.165) is 0 Å². The summed E-state index contributed by atoms with van der Waals surface area (Å²) in [6.45, 7) is 0. The van der Waals surface area contributed by atoms with Crippen LogP contribution < -0.4 is 61.3 Å². The van der Waals surface area contributed by atoms with Crippen LogP contribution in [0.1, 0.15) is 25.7 Å². The number of aliphatic carboxylic acids is 12. The number of carbonyl (C=O) groups is 12. The largest absolute Gasteiger partial charge is 4.00 e. The molecule has 0 aromatic carbocycles. The summed E-state index contributed by atoms with van der Waals surface area (Å²) in [6.07, 6.45) is -14.2. The van der Waals surface area contributed by atoms with Crippen LogP contribution >= 0.6 is 0 Å². The first-order valence-electron chi connectivity index (χ1n) is 12.6. The molecule has 0 fully saturated rings. The van der Waals surface area contributed by atoms with E-state index in [0.29, 0.717) is 0 Å². The molecule has 0 aliphatic heterocycles. The molecule has 0 aromatic rings. The van der Waals surface area contributed by atoms with Crippen molar-refractivity contribution in [3.63, 3.8) is 0 Å². The van der Waals surface area contributed by atoms with E-state index in [2.05, 4.69) is 0 Å². The molecule has 4 N–H and O–H groups in total. The maximum absolute atomic E-state index is 10.1. The molecule has 0 aliphatic carbocycles. The van der Waals surface area contributed by atoms with Gasteiger partial charge in [0.2, 0.25) is 0 Å². The van der Waals surface area contributed by atoms with Crippen LogP contribution in [-0.2, 0) is 118 Å². The van der Waals surface area contributed by atoms with Gasteiger partial charge in [0.15, 0.2) is 0 Å². The van der Waals surface area contributed by atoms with Crippen molar-refractivity contribution in [3.05, 3.63) is 0 Å². The van der Waals surface area contributed by atoms with Crippen molar-refractivity contribution in [2.75, 3.05) is 0 Å². The monoisotopic (exact) mass is 1050 g/mol.